The van der Waals surface area contributed by atoms with Crippen molar-refractivity contribution in [1.82, 2.24) is 14.9 Å². The summed E-state index contributed by atoms with van der Waals surface area (Å²) in [4.78, 5) is 4.09. The molecule has 1 fully saturated rings. The maximum absolute atomic E-state index is 13.1. The zero-order valence-electron chi connectivity index (χ0n) is 13.3. The Morgan fingerprint density at radius 3 is 2.78 bits per heavy atom. The van der Waals surface area contributed by atoms with Crippen LogP contribution in [0.5, 0.6) is 0 Å². The Bertz CT molecular complexity index is 649. The monoisotopic (exact) mass is 342 g/mol. The van der Waals surface area contributed by atoms with Crippen LogP contribution in [0.4, 0.5) is 4.39 Å². The Kier molecular flexibility index (Phi) is 6.35. The van der Waals surface area contributed by atoms with Gasteiger partial charge >= 0.3 is 0 Å². The minimum Gasteiger partial charge on any atom is -0.356 e. The van der Waals surface area contributed by atoms with Crippen LogP contribution in [-0.2, 0) is 16.4 Å². The number of rotatable bonds is 6. The summed E-state index contributed by atoms with van der Waals surface area (Å²) >= 11 is 0. The first-order chi connectivity index (χ1) is 11.0. The van der Waals surface area contributed by atoms with Crippen molar-refractivity contribution in [3.05, 3.63) is 35.6 Å². The molecule has 0 saturated carbocycles. The first-order valence-electron chi connectivity index (χ1n) is 7.68. The average Bonchev–Trinajstić information content (AvgIpc) is 2.84. The maximum atomic E-state index is 13.1. The standard InChI is InChI=1S/C15H23FN4O2S/c1-17-15(18-7-6-13-4-2-5-14(16)12-13)19-8-10-20-9-3-11-23(20,21)22/h2,4-5,12H,3,6-11H2,1H3,(H2,17,18,19). The second kappa shape index (κ2) is 8.26. The van der Waals surface area contributed by atoms with E-state index in [2.05, 4.69) is 15.6 Å². The van der Waals surface area contributed by atoms with Crippen molar-refractivity contribution < 1.29 is 12.8 Å². The molecule has 0 unspecified atom stereocenters. The Morgan fingerprint density at radius 2 is 2.13 bits per heavy atom. The fraction of sp³-hybridized carbons (Fsp3) is 0.533. The molecule has 6 nitrogen and oxygen atoms in total. The molecule has 1 heterocycles. The van der Waals surface area contributed by atoms with Crippen molar-refractivity contribution in [2.24, 2.45) is 4.99 Å². The van der Waals surface area contributed by atoms with Crippen molar-refractivity contribution in [1.29, 1.82) is 0 Å². The number of sulfonamides is 1. The number of nitrogens with one attached hydrogen (secondary N) is 2. The highest BCUT2D eigenvalue weighted by Crippen LogP contribution is 2.11. The van der Waals surface area contributed by atoms with E-state index in [1.54, 1.807) is 13.1 Å². The molecule has 23 heavy (non-hydrogen) atoms. The molecule has 0 bridgehead atoms. The molecule has 0 amide bonds. The summed E-state index contributed by atoms with van der Waals surface area (Å²) in [5.41, 5.74) is 0.913. The van der Waals surface area contributed by atoms with Crippen LogP contribution < -0.4 is 10.6 Å². The van der Waals surface area contributed by atoms with Gasteiger partial charge < -0.3 is 10.6 Å². The number of aliphatic imine (C=N–C) groups is 1. The number of guanidine groups is 1. The van der Waals surface area contributed by atoms with Crippen LogP contribution in [0.2, 0.25) is 0 Å². The molecule has 128 valence electrons. The summed E-state index contributed by atoms with van der Waals surface area (Å²) in [6.07, 6.45) is 1.38. The number of hydrogen-bond acceptors (Lipinski definition) is 3. The minimum absolute atomic E-state index is 0.239. The van der Waals surface area contributed by atoms with Gasteiger partial charge in [0, 0.05) is 33.2 Å². The smallest absolute Gasteiger partial charge is 0.214 e. The Labute approximate surface area is 136 Å². The van der Waals surface area contributed by atoms with Gasteiger partial charge in [-0.2, -0.15) is 0 Å². The molecule has 0 spiro atoms. The van der Waals surface area contributed by atoms with E-state index in [9.17, 15) is 12.8 Å². The van der Waals surface area contributed by atoms with Gasteiger partial charge in [-0.05, 0) is 30.5 Å². The second-order valence-electron chi connectivity index (χ2n) is 5.37. The third kappa shape index (κ3) is 5.47. The van der Waals surface area contributed by atoms with Crippen LogP contribution in [0.15, 0.2) is 29.3 Å². The number of benzene rings is 1. The highest BCUT2D eigenvalue weighted by atomic mass is 32.2. The van der Waals surface area contributed by atoms with Gasteiger partial charge in [0.25, 0.3) is 0 Å². The van der Waals surface area contributed by atoms with E-state index in [-0.39, 0.29) is 11.6 Å². The summed E-state index contributed by atoms with van der Waals surface area (Å²) in [6, 6.07) is 6.49. The van der Waals surface area contributed by atoms with Crippen LogP contribution in [0.25, 0.3) is 0 Å². The molecule has 0 aliphatic carbocycles. The molecule has 1 aromatic rings. The Hall–Kier alpha value is -1.67. The maximum Gasteiger partial charge on any atom is 0.214 e. The van der Waals surface area contributed by atoms with E-state index in [4.69, 9.17) is 0 Å². The normalized spacial score (nSPS) is 18.1. The van der Waals surface area contributed by atoms with Crippen LogP contribution in [0.1, 0.15) is 12.0 Å². The van der Waals surface area contributed by atoms with E-state index < -0.39 is 10.0 Å². The van der Waals surface area contributed by atoms with E-state index in [0.29, 0.717) is 45.0 Å². The van der Waals surface area contributed by atoms with Gasteiger partial charge in [0.05, 0.1) is 5.75 Å². The predicted octanol–water partition coefficient (Wildman–Crippen LogP) is 0.569. The lowest BCUT2D eigenvalue weighted by atomic mass is 10.1. The fourth-order valence-corrected chi connectivity index (χ4v) is 4.01. The molecule has 8 heteroatoms. The third-order valence-corrected chi connectivity index (χ3v) is 5.63. The van der Waals surface area contributed by atoms with Gasteiger partial charge in [0.15, 0.2) is 5.96 Å². The second-order valence-corrected chi connectivity index (χ2v) is 7.46. The molecule has 1 saturated heterocycles. The van der Waals surface area contributed by atoms with Crippen molar-refractivity contribution in [2.75, 3.05) is 39.0 Å². The lowest BCUT2D eigenvalue weighted by Gasteiger charge is -2.16. The van der Waals surface area contributed by atoms with Crippen molar-refractivity contribution in [3.63, 3.8) is 0 Å². The first-order valence-corrected chi connectivity index (χ1v) is 9.29. The van der Waals surface area contributed by atoms with Gasteiger partial charge in [-0.15, -0.1) is 0 Å². The summed E-state index contributed by atoms with van der Waals surface area (Å²) in [7, 11) is -1.39. The van der Waals surface area contributed by atoms with Gasteiger partial charge in [-0.3, -0.25) is 4.99 Å². The minimum atomic E-state index is -3.05. The van der Waals surface area contributed by atoms with Crippen molar-refractivity contribution >= 4 is 16.0 Å². The summed E-state index contributed by atoms with van der Waals surface area (Å²) < 4.78 is 38.0. The number of hydrogen-bond donors (Lipinski definition) is 2. The van der Waals surface area contributed by atoms with Crippen molar-refractivity contribution in [3.8, 4) is 0 Å². The van der Waals surface area contributed by atoms with Crippen LogP contribution in [0, 0.1) is 5.82 Å². The molecule has 2 rings (SSSR count). The number of nitrogens with zero attached hydrogens (tertiary/aromatic N) is 2. The van der Waals surface area contributed by atoms with Gasteiger partial charge in [0.1, 0.15) is 5.82 Å². The van der Waals surface area contributed by atoms with Gasteiger partial charge in [-0.1, -0.05) is 12.1 Å². The van der Waals surface area contributed by atoms with E-state index >= 15 is 0 Å². The molecule has 0 atom stereocenters. The average molecular weight is 342 g/mol. The SMILES string of the molecule is CN=C(NCCc1cccc(F)c1)NCCN1CCCS1(=O)=O. The first kappa shape index (κ1) is 17.7. The highest BCUT2D eigenvalue weighted by molar-refractivity contribution is 7.89. The zero-order chi connectivity index (χ0) is 16.7. The Morgan fingerprint density at radius 1 is 1.35 bits per heavy atom. The molecule has 1 aliphatic heterocycles. The summed E-state index contributed by atoms with van der Waals surface area (Å²) in [5.74, 6) is 0.614. The van der Waals surface area contributed by atoms with E-state index in [1.165, 1.54) is 16.4 Å². The predicted molar refractivity (Wildman–Crippen MR) is 89.4 cm³/mol. The van der Waals surface area contributed by atoms with Gasteiger partial charge in [0.2, 0.25) is 10.0 Å². The van der Waals surface area contributed by atoms with Crippen LogP contribution in [0.3, 0.4) is 0 Å². The largest absolute Gasteiger partial charge is 0.356 e. The molecular formula is C15H23FN4O2S. The highest BCUT2D eigenvalue weighted by Gasteiger charge is 2.27. The molecule has 0 aromatic heterocycles. The topological polar surface area (TPSA) is 73.8 Å². The Balaban J connectivity index is 1.69. The molecular weight excluding hydrogens is 319 g/mol. The quantitative estimate of drug-likeness (QED) is 0.585. The third-order valence-electron chi connectivity index (χ3n) is 3.68. The van der Waals surface area contributed by atoms with Crippen LogP contribution in [-0.4, -0.2) is 57.7 Å². The molecule has 0 radical (unpaired) electrons. The number of halogens is 1. The lowest BCUT2D eigenvalue weighted by Crippen LogP contribution is -2.42. The van der Waals surface area contributed by atoms with Crippen molar-refractivity contribution in [2.45, 2.75) is 12.8 Å². The van der Waals surface area contributed by atoms with Crippen LogP contribution >= 0.6 is 0 Å². The molecule has 2 N–H and O–H groups in total. The fourth-order valence-electron chi connectivity index (χ4n) is 2.48. The summed E-state index contributed by atoms with van der Waals surface area (Å²) in [6.45, 7) is 2.15. The van der Waals surface area contributed by atoms with E-state index in [0.717, 1.165) is 5.56 Å². The van der Waals surface area contributed by atoms with Gasteiger partial charge in [-0.25, -0.2) is 17.1 Å². The zero-order valence-corrected chi connectivity index (χ0v) is 14.1. The van der Waals surface area contributed by atoms with E-state index in [1.807, 2.05) is 6.07 Å². The summed E-state index contributed by atoms with van der Waals surface area (Å²) in [5, 5.41) is 6.22. The lowest BCUT2D eigenvalue weighted by molar-refractivity contribution is 0.445. The molecule has 1 aromatic carbocycles. The molecule has 1 aliphatic rings.